The fraction of sp³-hybridized carbons (Fsp3) is 0.219. The van der Waals surface area contributed by atoms with Gasteiger partial charge in [-0.05, 0) is 85.0 Å². The highest BCUT2D eigenvalue weighted by molar-refractivity contribution is 6.09. The van der Waals surface area contributed by atoms with Gasteiger partial charge in [-0.25, -0.2) is 9.59 Å². The van der Waals surface area contributed by atoms with Crippen LogP contribution in [-0.4, -0.2) is 89.0 Å². The largest absolute Gasteiger partial charge is 0.507 e. The Morgan fingerprint density at radius 3 is 1.57 bits per heavy atom. The van der Waals surface area contributed by atoms with E-state index in [0.717, 1.165) is 22.3 Å². The summed E-state index contributed by atoms with van der Waals surface area (Å²) in [6, 6.07) is 48.8. The van der Waals surface area contributed by atoms with Gasteiger partial charge in [-0.2, -0.15) is 4.99 Å². The summed E-state index contributed by atoms with van der Waals surface area (Å²) in [7, 11) is 0. The average Bonchev–Trinajstić information content (AvgIpc) is 1.36. The first-order valence-corrected chi connectivity index (χ1v) is 27.5. The minimum Gasteiger partial charge on any atom is -0.507 e. The number of guanidine groups is 2. The topological polar surface area (TPSA) is 342 Å². The molecule has 4 amide bonds. The molecule has 84 heavy (non-hydrogen) atoms. The first-order chi connectivity index (χ1) is 40.7. The van der Waals surface area contributed by atoms with Crippen molar-refractivity contribution in [2.75, 3.05) is 18.4 Å². The van der Waals surface area contributed by atoms with Gasteiger partial charge in [0, 0.05) is 66.1 Å². The first-order valence-electron chi connectivity index (χ1n) is 27.5. The number of hydrogen-bond acceptors (Lipinski definition) is 11. The number of nitrogens with zero attached hydrogens (tertiary/aromatic N) is 2. The number of rotatable bonds is 27. The molecule has 0 radical (unpaired) electrons. The smallest absolute Gasteiger partial charge is 0.408 e. The van der Waals surface area contributed by atoms with Gasteiger partial charge in [-0.15, -0.1) is 0 Å². The lowest BCUT2D eigenvalue weighted by Crippen LogP contribution is -2.84. The van der Waals surface area contributed by atoms with Gasteiger partial charge in [0.2, 0.25) is 23.1 Å². The molecule has 0 spiro atoms. The van der Waals surface area contributed by atoms with Crippen molar-refractivity contribution in [3.05, 3.63) is 209 Å². The van der Waals surface area contributed by atoms with Gasteiger partial charge >= 0.3 is 11.9 Å². The lowest BCUT2D eigenvalue weighted by molar-refractivity contribution is -0.419. The van der Waals surface area contributed by atoms with Crippen molar-refractivity contribution in [1.29, 1.82) is 0 Å². The van der Waals surface area contributed by atoms with Crippen molar-refractivity contribution in [2.24, 2.45) is 32.9 Å². The van der Waals surface area contributed by atoms with Gasteiger partial charge in [-0.3, -0.25) is 24.4 Å². The minimum atomic E-state index is -1.39. The Labute approximate surface area is 485 Å². The van der Waals surface area contributed by atoms with E-state index >= 15 is 0 Å². The molecule has 8 rings (SSSR count). The maximum absolute atomic E-state index is 14.5. The highest BCUT2D eigenvalue weighted by Crippen LogP contribution is 2.43. The van der Waals surface area contributed by atoms with E-state index in [2.05, 4.69) is 41.6 Å². The number of aromatic carboxylic acids is 1. The molecule has 0 fully saturated rings. The van der Waals surface area contributed by atoms with Gasteiger partial charge < -0.3 is 64.1 Å². The second-order valence-electron chi connectivity index (χ2n) is 20.1. The molecule has 20 heteroatoms. The zero-order chi connectivity index (χ0) is 59.4. The fourth-order valence-electron chi connectivity index (χ4n) is 9.75. The summed E-state index contributed by atoms with van der Waals surface area (Å²) in [5, 5.41) is 37.7. The third-order valence-corrected chi connectivity index (χ3v) is 13.9. The van der Waals surface area contributed by atoms with Gasteiger partial charge in [0.05, 0.1) is 18.2 Å². The summed E-state index contributed by atoms with van der Waals surface area (Å²) < 4.78 is 6.59. The van der Waals surface area contributed by atoms with Crippen LogP contribution in [0, 0.1) is 0 Å². The highest BCUT2D eigenvalue weighted by atomic mass is 16.4. The number of nitrogens with two attached hydrogens (primary N) is 4. The molecule has 6 aromatic carbocycles. The molecule has 4 atom stereocenters. The molecule has 432 valence electrons. The molecule has 0 unspecified atom stereocenters. The van der Waals surface area contributed by atoms with E-state index < -0.39 is 59.5 Å². The third kappa shape index (κ3) is 16.9. The highest BCUT2D eigenvalue weighted by Gasteiger charge is 2.31. The van der Waals surface area contributed by atoms with Gasteiger partial charge in [0.15, 0.2) is 18.0 Å². The number of fused-ring (bicyclic) bond motifs is 2. The summed E-state index contributed by atoms with van der Waals surface area (Å²) >= 11 is 0. The number of benzene rings is 7. The number of carbonyl (C=O) groups is 5. The Bertz CT molecular complexity index is 3650. The maximum atomic E-state index is 14.5. The molecule has 0 saturated carbocycles. The molecule has 2 aliphatic rings. The fourth-order valence-corrected chi connectivity index (χ4v) is 9.75. The van der Waals surface area contributed by atoms with Crippen molar-refractivity contribution < 1.29 is 43.6 Å². The number of aromatic hydroxyl groups is 1. The van der Waals surface area contributed by atoms with Crippen LogP contribution < -0.4 is 59.9 Å². The van der Waals surface area contributed by atoms with Crippen molar-refractivity contribution in [1.82, 2.24) is 21.3 Å². The molecule has 0 aromatic heterocycles. The predicted molar refractivity (Wildman–Crippen MR) is 323 cm³/mol. The maximum Gasteiger partial charge on any atom is 0.408 e. The van der Waals surface area contributed by atoms with Crippen molar-refractivity contribution >= 4 is 58.2 Å². The van der Waals surface area contributed by atoms with E-state index in [1.807, 2.05) is 121 Å². The van der Waals surface area contributed by atoms with Crippen molar-refractivity contribution in [2.45, 2.75) is 75.8 Å². The molecule has 1 heterocycles. The molecular weight excluding hydrogens is 1060 g/mol. The Morgan fingerprint density at radius 2 is 1.05 bits per heavy atom. The number of phenols is 1. The van der Waals surface area contributed by atoms with E-state index in [0.29, 0.717) is 55.3 Å². The number of carbonyl (C=O) groups excluding carboxylic acids is 4. The second-order valence-corrected chi connectivity index (χ2v) is 20.1. The first kappa shape index (κ1) is 59.9. The Hall–Kier alpha value is -10.2. The lowest BCUT2D eigenvalue weighted by Gasteiger charge is -2.24. The third-order valence-electron chi connectivity index (χ3n) is 13.9. The predicted octanol–water partition coefficient (Wildman–Crippen LogP) is 3.93. The number of anilines is 1. The van der Waals surface area contributed by atoms with Crippen LogP contribution in [0.25, 0.3) is 33.4 Å². The SMILES string of the molecule is NC(N)=NCCC[C@H](NC(=O)[C@H](Cc1ccccc1)NCc1ccccc1)C(=O)Nc1ccc2c(-c3cccc(O)c3C(=O)O)c3ccc(=[NH+]C(=O)[C@H](CCCN=C(N)N)NC(=O)[C@H](Cc4ccccc4)NCc4ccccc4)cc-3oc2c1. The summed E-state index contributed by atoms with van der Waals surface area (Å²) in [4.78, 5) is 81.5. The van der Waals surface area contributed by atoms with Gasteiger partial charge in [0.1, 0.15) is 28.7 Å². The van der Waals surface area contributed by atoms with Crippen LogP contribution in [0.3, 0.4) is 0 Å². The summed E-state index contributed by atoms with van der Waals surface area (Å²) in [5.74, 6) is -3.85. The van der Waals surface area contributed by atoms with Crippen LogP contribution in [0.1, 0.15) is 58.3 Å². The van der Waals surface area contributed by atoms with E-state index in [4.69, 9.17) is 27.4 Å². The number of hydrogen-bond donors (Lipinski definition) is 12. The number of carboxylic acid groups (broad SMARTS) is 1. The van der Waals surface area contributed by atoms with Crippen molar-refractivity contribution in [3.63, 3.8) is 0 Å². The summed E-state index contributed by atoms with van der Waals surface area (Å²) in [5.41, 5.74) is 27.2. The van der Waals surface area contributed by atoms with E-state index in [1.54, 1.807) is 42.5 Å². The van der Waals surface area contributed by atoms with Gasteiger partial charge in [-0.1, -0.05) is 133 Å². The average molecular weight is 1130 g/mol. The molecule has 1 aliphatic carbocycles. The van der Waals surface area contributed by atoms with Crippen molar-refractivity contribution in [3.8, 4) is 28.2 Å². The summed E-state index contributed by atoms with van der Waals surface area (Å²) in [6.07, 6.45) is 1.64. The van der Waals surface area contributed by atoms with Crippen LogP contribution in [-0.2, 0) is 45.1 Å². The van der Waals surface area contributed by atoms with Crippen LogP contribution in [0.5, 0.6) is 5.75 Å². The van der Waals surface area contributed by atoms with E-state index in [1.165, 1.54) is 12.1 Å². The van der Waals surface area contributed by atoms with Crippen LogP contribution in [0.2, 0.25) is 0 Å². The van der Waals surface area contributed by atoms with Crippen LogP contribution in [0.15, 0.2) is 190 Å². The Kier molecular flexibility index (Phi) is 21.1. The molecule has 6 aromatic rings. The normalized spacial score (nSPS) is 12.8. The number of aliphatic imine (C=N–C) groups is 2. The number of nitrogens with one attached hydrogen (secondary N) is 6. The second kappa shape index (κ2) is 29.5. The van der Waals surface area contributed by atoms with E-state index in [-0.39, 0.29) is 71.4 Å². The zero-order valence-electron chi connectivity index (χ0n) is 46.2. The number of carboxylic acids is 1. The zero-order valence-corrected chi connectivity index (χ0v) is 46.2. The quantitative estimate of drug-likeness (QED) is 0.0150. The standard InChI is InChI=1S/C64H68N12O8/c65-63(66)69-32-14-25-49(75-60(80)51(34-40-16-5-1-6-17-40)71-38-42-20-9-3-10-21-42)58(78)73-44-28-30-46-54(36-44)84-55-37-45(29-31-47(55)56(46)48-24-13-27-53(77)57(48)62(82)83)74-59(79)50(26-15-33-70-64(67)68)76-61(81)52(35-41-18-7-2-8-19-41)72-39-43-22-11-4-12-23-43/h1-13,16-24,27-31,36-37,49-52,71-72,77H,14-15,25-26,32-35,38-39H2,(H,73,78)(H,75,80)(H,76,81)(H,82,83)(H4,65,66,69)(H4,67,68,70)/p+1/t49-,50-,51-,52-/m0/s1. The monoisotopic (exact) mass is 1130 g/mol. The lowest BCUT2D eigenvalue weighted by atomic mass is 9.90. The molecule has 20 nitrogen and oxygen atoms in total. The molecule has 0 saturated heterocycles. The van der Waals surface area contributed by atoms with E-state index in [9.17, 15) is 34.2 Å². The number of amides is 4. The molecule has 16 N–H and O–H groups in total. The molecular formula is C64H69N12O8+. The minimum absolute atomic E-state index is 0.115. The van der Waals surface area contributed by atoms with Gasteiger partial charge in [0.25, 0.3) is 0 Å². The Morgan fingerprint density at radius 1 is 0.536 bits per heavy atom. The Balaban J connectivity index is 1.13. The van der Waals surface area contributed by atoms with Crippen LogP contribution >= 0.6 is 0 Å². The molecule has 1 aliphatic heterocycles. The molecule has 0 bridgehead atoms. The van der Waals surface area contributed by atoms with Crippen LogP contribution in [0.4, 0.5) is 5.69 Å². The summed E-state index contributed by atoms with van der Waals surface area (Å²) in [6.45, 7) is 1.16.